The smallest absolute Gasteiger partial charge is 0.393 e. The number of aliphatic hydroxyl groups excluding tert-OH is 2. The average molecular weight is 757 g/mol. The third-order valence-electron chi connectivity index (χ3n) is 9.23. The first-order chi connectivity index (χ1) is 25.3. The van der Waals surface area contributed by atoms with Gasteiger partial charge in [-0.05, 0) is 38.5 Å². The van der Waals surface area contributed by atoms with Crippen LogP contribution in [0.5, 0.6) is 0 Å². The summed E-state index contributed by atoms with van der Waals surface area (Å²) in [5, 5.41) is 23.9. The molecule has 1 amide bonds. The first kappa shape index (κ1) is 50.7. The number of unbranched alkanes of at least 4 members (excludes halogenated alkanes) is 21. The molecule has 0 aliphatic carbocycles. The molecular formula is C42H81N2O7P. The lowest BCUT2D eigenvalue weighted by molar-refractivity contribution is -0.124. The Labute approximate surface area is 319 Å². The van der Waals surface area contributed by atoms with Crippen LogP contribution < -0.4 is 11.1 Å². The van der Waals surface area contributed by atoms with Gasteiger partial charge in [0.25, 0.3) is 0 Å². The summed E-state index contributed by atoms with van der Waals surface area (Å²) in [5.41, 5.74) is 5.35. The Kier molecular flexibility index (Phi) is 37.0. The number of nitrogens with one attached hydrogen (secondary N) is 1. The van der Waals surface area contributed by atoms with Crippen molar-refractivity contribution >= 4 is 13.7 Å². The Bertz CT molecular complexity index is 930. The lowest BCUT2D eigenvalue weighted by atomic mass is 10.0. The molecule has 0 aromatic heterocycles. The maximum Gasteiger partial charge on any atom is 0.472 e. The van der Waals surface area contributed by atoms with Crippen LogP contribution in [0.3, 0.4) is 0 Å². The van der Waals surface area contributed by atoms with Gasteiger partial charge in [-0.1, -0.05) is 179 Å². The van der Waals surface area contributed by atoms with Gasteiger partial charge >= 0.3 is 7.82 Å². The zero-order valence-corrected chi connectivity index (χ0v) is 34.3. The van der Waals surface area contributed by atoms with Gasteiger partial charge in [0.15, 0.2) is 0 Å². The number of phosphoric ester groups is 1. The Morgan fingerprint density at radius 3 is 1.56 bits per heavy atom. The van der Waals surface area contributed by atoms with Crippen molar-refractivity contribution in [2.75, 3.05) is 19.8 Å². The van der Waals surface area contributed by atoms with Crippen LogP contribution >= 0.6 is 7.82 Å². The van der Waals surface area contributed by atoms with Crippen molar-refractivity contribution in [1.29, 1.82) is 0 Å². The van der Waals surface area contributed by atoms with Gasteiger partial charge in [-0.2, -0.15) is 0 Å². The van der Waals surface area contributed by atoms with Gasteiger partial charge in [0, 0.05) is 6.54 Å². The van der Waals surface area contributed by atoms with Gasteiger partial charge in [-0.3, -0.25) is 13.8 Å². The van der Waals surface area contributed by atoms with Crippen LogP contribution in [0.25, 0.3) is 0 Å². The maximum atomic E-state index is 12.8. The third-order valence-corrected chi connectivity index (χ3v) is 10.2. The molecule has 0 rings (SSSR count). The van der Waals surface area contributed by atoms with E-state index >= 15 is 0 Å². The first-order valence-electron chi connectivity index (χ1n) is 21.2. The summed E-state index contributed by atoms with van der Waals surface area (Å²) in [7, 11) is -4.40. The number of hydrogen-bond acceptors (Lipinski definition) is 7. The molecule has 0 bridgehead atoms. The molecule has 4 atom stereocenters. The molecule has 0 saturated heterocycles. The van der Waals surface area contributed by atoms with Crippen molar-refractivity contribution in [2.45, 2.75) is 205 Å². The average Bonchev–Trinajstić information content (AvgIpc) is 3.12. The summed E-state index contributed by atoms with van der Waals surface area (Å²) in [6, 6.07) is -1.00. The maximum absolute atomic E-state index is 12.8. The van der Waals surface area contributed by atoms with Crippen molar-refractivity contribution in [2.24, 2.45) is 5.73 Å². The molecule has 9 nitrogen and oxygen atoms in total. The molecule has 4 unspecified atom stereocenters. The van der Waals surface area contributed by atoms with Crippen LogP contribution in [0.2, 0.25) is 0 Å². The van der Waals surface area contributed by atoms with E-state index in [1.807, 2.05) is 6.08 Å². The van der Waals surface area contributed by atoms with Crippen LogP contribution in [0.4, 0.5) is 0 Å². The molecule has 0 aromatic carbocycles. The number of rotatable bonds is 39. The summed E-state index contributed by atoms with van der Waals surface area (Å²) >= 11 is 0. The van der Waals surface area contributed by atoms with E-state index in [2.05, 4.69) is 43.5 Å². The monoisotopic (exact) mass is 757 g/mol. The normalized spacial score (nSPS) is 15.1. The van der Waals surface area contributed by atoms with Crippen LogP contribution in [0.1, 0.15) is 187 Å². The van der Waals surface area contributed by atoms with E-state index in [4.69, 9.17) is 14.8 Å². The second kappa shape index (κ2) is 38.0. The standard InChI is InChI=1S/C42H81N2O7P/c1-3-5-7-9-11-13-15-16-17-18-19-20-21-22-24-25-27-29-31-33-39(45)37-42(47)44-40(38-51-52(48,49)50-36-35-43)41(46)34-32-30-28-26-23-14-12-10-8-6-4-2/h8,10,23,26,32,34,39-41,45-46H,3-7,9,11-22,24-25,27-31,33,35-38,43H2,1-2H3,(H,44,47)(H,48,49)/b10-8+,26-23+,34-32+. The molecule has 0 aliphatic heterocycles. The number of amides is 1. The molecule has 0 fully saturated rings. The number of allylic oxidation sites excluding steroid dienone is 5. The molecule has 306 valence electrons. The predicted octanol–water partition coefficient (Wildman–Crippen LogP) is 10.5. The SMILES string of the molecule is CCC/C=C/CC/C=C/CC/C=C/C(O)C(COP(=O)(O)OCCN)NC(=O)CC(O)CCCCCCCCCCCCCCCCCCCCC. The highest BCUT2D eigenvalue weighted by Gasteiger charge is 2.27. The van der Waals surface area contributed by atoms with E-state index in [1.165, 1.54) is 103 Å². The minimum atomic E-state index is -4.40. The van der Waals surface area contributed by atoms with Crippen LogP contribution in [0.15, 0.2) is 36.5 Å². The van der Waals surface area contributed by atoms with E-state index in [0.29, 0.717) is 12.8 Å². The van der Waals surface area contributed by atoms with Crippen molar-refractivity contribution < 1.29 is 33.5 Å². The molecule has 0 radical (unpaired) electrons. The fourth-order valence-corrected chi connectivity index (χ4v) is 6.80. The number of nitrogens with two attached hydrogens (primary N) is 1. The Hall–Kier alpha value is -1.32. The molecule has 0 aromatic rings. The second-order valence-corrected chi connectivity index (χ2v) is 15.8. The van der Waals surface area contributed by atoms with Crippen LogP contribution in [0, 0.1) is 0 Å². The largest absolute Gasteiger partial charge is 0.472 e. The predicted molar refractivity (Wildman–Crippen MR) is 218 cm³/mol. The third kappa shape index (κ3) is 35.7. The molecule has 6 N–H and O–H groups in total. The quantitative estimate of drug-likeness (QED) is 0.0236. The van der Waals surface area contributed by atoms with E-state index in [0.717, 1.165) is 51.4 Å². The van der Waals surface area contributed by atoms with Crippen LogP contribution in [-0.2, 0) is 18.4 Å². The zero-order valence-electron chi connectivity index (χ0n) is 33.4. The molecule has 52 heavy (non-hydrogen) atoms. The highest BCUT2D eigenvalue weighted by Crippen LogP contribution is 2.43. The van der Waals surface area contributed by atoms with E-state index in [1.54, 1.807) is 6.08 Å². The van der Waals surface area contributed by atoms with Crippen molar-refractivity contribution in [3.8, 4) is 0 Å². The lowest BCUT2D eigenvalue weighted by Gasteiger charge is -2.24. The number of phosphoric acid groups is 1. The summed E-state index contributed by atoms with van der Waals surface area (Å²) in [5.74, 6) is -0.460. The van der Waals surface area contributed by atoms with Crippen molar-refractivity contribution in [3.63, 3.8) is 0 Å². The van der Waals surface area contributed by atoms with Gasteiger partial charge in [0.1, 0.15) is 0 Å². The minimum absolute atomic E-state index is 0.0425. The molecule has 0 spiro atoms. The highest BCUT2D eigenvalue weighted by molar-refractivity contribution is 7.47. The summed E-state index contributed by atoms with van der Waals surface area (Å²) < 4.78 is 22.0. The fraction of sp³-hybridized carbons (Fsp3) is 0.833. The fourth-order valence-electron chi connectivity index (χ4n) is 6.04. The molecule has 0 aliphatic rings. The topological polar surface area (TPSA) is 151 Å². The number of carbonyl (C=O) groups is 1. The van der Waals surface area contributed by atoms with Gasteiger partial charge in [-0.25, -0.2) is 4.57 Å². The lowest BCUT2D eigenvalue weighted by Crippen LogP contribution is -2.46. The van der Waals surface area contributed by atoms with Gasteiger partial charge in [0.05, 0.1) is 37.9 Å². The minimum Gasteiger partial charge on any atom is -0.393 e. The number of carbonyl (C=O) groups excluding carboxylic acids is 1. The van der Waals surface area contributed by atoms with Crippen molar-refractivity contribution in [3.05, 3.63) is 36.5 Å². The van der Waals surface area contributed by atoms with Gasteiger partial charge in [0.2, 0.25) is 5.91 Å². The Morgan fingerprint density at radius 2 is 1.10 bits per heavy atom. The van der Waals surface area contributed by atoms with Gasteiger partial charge < -0.3 is 26.2 Å². The molecule has 0 saturated carbocycles. The van der Waals surface area contributed by atoms with E-state index < -0.39 is 38.6 Å². The number of aliphatic hydroxyl groups is 2. The van der Waals surface area contributed by atoms with Gasteiger partial charge in [-0.15, -0.1) is 0 Å². The first-order valence-corrected chi connectivity index (χ1v) is 22.7. The summed E-state index contributed by atoms with van der Waals surface area (Å²) in [6.07, 6.45) is 41.0. The number of hydrogen-bond donors (Lipinski definition) is 5. The molecule has 10 heteroatoms. The van der Waals surface area contributed by atoms with E-state index in [-0.39, 0.29) is 19.6 Å². The Balaban J connectivity index is 4.26. The molecular weight excluding hydrogens is 675 g/mol. The highest BCUT2D eigenvalue weighted by atomic mass is 31.2. The van der Waals surface area contributed by atoms with Crippen molar-refractivity contribution in [1.82, 2.24) is 5.32 Å². The zero-order chi connectivity index (χ0) is 38.4. The summed E-state index contributed by atoms with van der Waals surface area (Å²) in [6.45, 7) is 3.86. The molecule has 0 heterocycles. The second-order valence-electron chi connectivity index (χ2n) is 14.4. The van der Waals surface area contributed by atoms with Crippen LogP contribution in [-0.4, -0.2) is 59.0 Å². The Morgan fingerprint density at radius 1 is 0.654 bits per heavy atom. The van der Waals surface area contributed by atoms with E-state index in [9.17, 15) is 24.5 Å². The summed E-state index contributed by atoms with van der Waals surface area (Å²) in [4.78, 5) is 22.7.